The molecule has 0 aromatic heterocycles. The summed E-state index contributed by atoms with van der Waals surface area (Å²) < 4.78 is 0. The third-order valence-electron chi connectivity index (χ3n) is 4.77. The third kappa shape index (κ3) is 6.28. The summed E-state index contributed by atoms with van der Waals surface area (Å²) in [6.07, 6.45) is 4.67. The minimum Gasteiger partial charge on any atom is -0.481 e. The van der Waals surface area contributed by atoms with Crippen LogP contribution >= 0.6 is 0 Å². The largest absolute Gasteiger partial charge is 0.481 e. The van der Waals surface area contributed by atoms with E-state index in [4.69, 9.17) is 0 Å². The molecule has 3 atom stereocenters. The van der Waals surface area contributed by atoms with Crippen LogP contribution in [0.15, 0.2) is 0 Å². The molecule has 0 radical (unpaired) electrons. The second-order valence-electron chi connectivity index (χ2n) is 8.54. The van der Waals surface area contributed by atoms with E-state index in [-0.39, 0.29) is 22.7 Å². The minimum absolute atomic E-state index is 0.0352. The lowest BCUT2D eigenvalue weighted by Gasteiger charge is -2.40. The van der Waals surface area contributed by atoms with Crippen LogP contribution in [0.25, 0.3) is 0 Å². The highest BCUT2D eigenvalue weighted by Crippen LogP contribution is 2.43. The molecule has 0 spiro atoms. The minimum atomic E-state index is -0.659. The predicted octanol–water partition coefficient (Wildman–Crippen LogP) is 5.61. The van der Waals surface area contributed by atoms with Crippen LogP contribution in [0.3, 0.4) is 0 Å². The van der Waals surface area contributed by atoms with E-state index in [9.17, 15) is 9.90 Å². The molecular formula is C18H36O2. The van der Waals surface area contributed by atoms with Crippen molar-refractivity contribution in [3.8, 4) is 0 Å². The van der Waals surface area contributed by atoms with Crippen molar-refractivity contribution in [2.24, 2.45) is 28.6 Å². The fraction of sp³-hybridized carbons (Fsp3) is 0.944. The van der Waals surface area contributed by atoms with Crippen molar-refractivity contribution in [3.05, 3.63) is 0 Å². The second-order valence-corrected chi connectivity index (χ2v) is 8.54. The van der Waals surface area contributed by atoms with Gasteiger partial charge in [-0.3, -0.25) is 4.79 Å². The molecule has 3 unspecified atom stereocenters. The molecule has 2 heteroatoms. The molecule has 1 N–H and O–H groups in total. The molecule has 0 aromatic rings. The summed E-state index contributed by atoms with van der Waals surface area (Å²) in [5.74, 6) is -0.121. The number of unbranched alkanes of at least 4 members (excludes halogenated alkanes) is 1. The van der Waals surface area contributed by atoms with Gasteiger partial charge in [0.1, 0.15) is 0 Å². The van der Waals surface area contributed by atoms with Gasteiger partial charge in [0, 0.05) is 0 Å². The first-order valence-electron chi connectivity index (χ1n) is 8.14. The summed E-state index contributed by atoms with van der Waals surface area (Å²) >= 11 is 0. The Kier molecular flexibility index (Phi) is 7.27. The van der Waals surface area contributed by atoms with Gasteiger partial charge in [-0.2, -0.15) is 0 Å². The van der Waals surface area contributed by atoms with Gasteiger partial charge in [0.15, 0.2) is 0 Å². The van der Waals surface area contributed by atoms with Crippen molar-refractivity contribution in [2.45, 2.75) is 81.1 Å². The molecule has 120 valence electrons. The number of carbonyl (C=O) groups is 1. The standard InChI is InChI=1S/C18H36O2/c1-9-10-11-14(17(3,4)5)12-15(18(6,7)8)13(2)16(19)20/h13-15H,9-12H2,1-8H3,(H,19,20). The SMILES string of the molecule is CCCCC(CC(C(C)C(=O)O)C(C)(C)C)C(C)(C)C. The van der Waals surface area contributed by atoms with E-state index in [1.54, 1.807) is 0 Å². The van der Waals surface area contributed by atoms with E-state index in [0.29, 0.717) is 5.92 Å². The molecule has 0 saturated carbocycles. The molecule has 0 aliphatic carbocycles. The first-order valence-corrected chi connectivity index (χ1v) is 8.14. The van der Waals surface area contributed by atoms with Gasteiger partial charge in [-0.25, -0.2) is 0 Å². The molecule has 0 bridgehead atoms. The van der Waals surface area contributed by atoms with Crippen molar-refractivity contribution in [2.75, 3.05) is 0 Å². The third-order valence-corrected chi connectivity index (χ3v) is 4.77. The number of carboxylic acid groups (broad SMARTS) is 1. The van der Waals surface area contributed by atoms with Gasteiger partial charge in [-0.15, -0.1) is 0 Å². The van der Waals surface area contributed by atoms with Gasteiger partial charge in [0.2, 0.25) is 0 Å². The molecule has 2 nitrogen and oxygen atoms in total. The van der Waals surface area contributed by atoms with E-state index in [1.165, 1.54) is 19.3 Å². The van der Waals surface area contributed by atoms with Crippen LogP contribution in [-0.2, 0) is 4.79 Å². The van der Waals surface area contributed by atoms with Gasteiger partial charge < -0.3 is 5.11 Å². The first kappa shape index (κ1) is 19.5. The van der Waals surface area contributed by atoms with Gasteiger partial charge in [0.05, 0.1) is 5.92 Å². The van der Waals surface area contributed by atoms with Gasteiger partial charge in [0.25, 0.3) is 0 Å². The average Bonchev–Trinajstić information content (AvgIpc) is 2.24. The number of hydrogen-bond acceptors (Lipinski definition) is 1. The summed E-state index contributed by atoms with van der Waals surface area (Å²) in [6.45, 7) is 17.5. The molecule has 0 fully saturated rings. The molecule has 0 amide bonds. The maximum absolute atomic E-state index is 11.4. The topological polar surface area (TPSA) is 37.3 Å². The molecule has 20 heavy (non-hydrogen) atoms. The van der Waals surface area contributed by atoms with Crippen LogP contribution in [-0.4, -0.2) is 11.1 Å². The van der Waals surface area contributed by atoms with E-state index in [1.807, 2.05) is 6.92 Å². The fourth-order valence-electron chi connectivity index (χ4n) is 3.14. The number of aliphatic carboxylic acids is 1. The Labute approximate surface area is 126 Å². The summed E-state index contributed by atoms with van der Waals surface area (Å²) in [4.78, 5) is 11.4. The number of hydrogen-bond donors (Lipinski definition) is 1. The molecule has 0 aromatic carbocycles. The summed E-state index contributed by atoms with van der Waals surface area (Å²) in [6, 6.07) is 0. The normalized spacial score (nSPS) is 17.6. The molecule has 0 aliphatic rings. The van der Waals surface area contributed by atoms with Gasteiger partial charge >= 0.3 is 5.97 Å². The lowest BCUT2D eigenvalue weighted by Crippen LogP contribution is -2.35. The molecular weight excluding hydrogens is 248 g/mol. The molecule has 0 heterocycles. The molecule has 0 aliphatic heterocycles. The lowest BCUT2D eigenvalue weighted by atomic mass is 9.64. The van der Waals surface area contributed by atoms with Crippen molar-refractivity contribution in [1.29, 1.82) is 0 Å². The molecule has 0 rings (SSSR count). The Morgan fingerprint density at radius 1 is 1.05 bits per heavy atom. The van der Waals surface area contributed by atoms with Gasteiger partial charge in [-0.1, -0.05) is 68.2 Å². The highest BCUT2D eigenvalue weighted by molar-refractivity contribution is 5.70. The van der Waals surface area contributed by atoms with Crippen LogP contribution in [0, 0.1) is 28.6 Å². The molecule has 0 saturated heterocycles. The summed E-state index contributed by atoms with van der Waals surface area (Å²) in [7, 11) is 0. The van der Waals surface area contributed by atoms with Crippen LogP contribution in [0.2, 0.25) is 0 Å². The average molecular weight is 284 g/mol. The van der Waals surface area contributed by atoms with Crippen molar-refractivity contribution < 1.29 is 9.90 Å². The summed E-state index contributed by atoms with van der Waals surface area (Å²) in [5, 5.41) is 9.41. The van der Waals surface area contributed by atoms with Crippen molar-refractivity contribution in [3.63, 3.8) is 0 Å². The Bertz CT molecular complexity index is 294. The summed E-state index contributed by atoms with van der Waals surface area (Å²) in [5.41, 5.74) is 0.282. The van der Waals surface area contributed by atoms with E-state index < -0.39 is 5.97 Å². The van der Waals surface area contributed by atoms with Crippen LogP contribution in [0.4, 0.5) is 0 Å². The first-order chi connectivity index (χ1) is 8.91. The quantitative estimate of drug-likeness (QED) is 0.659. The van der Waals surface area contributed by atoms with E-state index >= 15 is 0 Å². The van der Waals surface area contributed by atoms with E-state index in [2.05, 4.69) is 48.5 Å². The number of carboxylic acids is 1. The van der Waals surface area contributed by atoms with Gasteiger partial charge in [-0.05, 0) is 35.5 Å². The predicted molar refractivity (Wildman–Crippen MR) is 86.8 cm³/mol. The smallest absolute Gasteiger partial charge is 0.306 e. The van der Waals surface area contributed by atoms with Crippen LogP contribution in [0.5, 0.6) is 0 Å². The van der Waals surface area contributed by atoms with Crippen LogP contribution < -0.4 is 0 Å². The maximum atomic E-state index is 11.4. The highest BCUT2D eigenvalue weighted by Gasteiger charge is 2.37. The monoisotopic (exact) mass is 284 g/mol. The Hall–Kier alpha value is -0.530. The zero-order chi connectivity index (χ0) is 16.1. The highest BCUT2D eigenvalue weighted by atomic mass is 16.4. The van der Waals surface area contributed by atoms with Crippen LogP contribution in [0.1, 0.15) is 81.1 Å². The fourth-order valence-corrected chi connectivity index (χ4v) is 3.14. The lowest BCUT2D eigenvalue weighted by molar-refractivity contribution is -0.145. The Morgan fingerprint density at radius 2 is 1.55 bits per heavy atom. The van der Waals surface area contributed by atoms with Crippen molar-refractivity contribution >= 4 is 5.97 Å². The zero-order valence-electron chi connectivity index (χ0n) is 14.9. The Balaban J connectivity index is 5.13. The maximum Gasteiger partial charge on any atom is 0.306 e. The second kappa shape index (κ2) is 7.47. The van der Waals surface area contributed by atoms with E-state index in [0.717, 1.165) is 6.42 Å². The Morgan fingerprint density at radius 3 is 1.85 bits per heavy atom. The number of rotatable bonds is 7. The van der Waals surface area contributed by atoms with Crippen molar-refractivity contribution in [1.82, 2.24) is 0 Å². The zero-order valence-corrected chi connectivity index (χ0v) is 14.9.